The molecule has 0 saturated heterocycles. The van der Waals surface area contributed by atoms with Crippen molar-refractivity contribution in [2.45, 2.75) is 6.54 Å². The number of furan rings is 1. The fourth-order valence-electron chi connectivity index (χ4n) is 3.86. The normalized spacial score (nSPS) is 15.0. The number of halogens is 1. The summed E-state index contributed by atoms with van der Waals surface area (Å²) in [5.74, 6) is 0.135. The molecule has 2 aromatic heterocycles. The predicted octanol–water partition coefficient (Wildman–Crippen LogP) is 4.06. The highest BCUT2D eigenvalue weighted by molar-refractivity contribution is 7.21. The van der Waals surface area contributed by atoms with Crippen molar-refractivity contribution in [3.63, 3.8) is 0 Å². The van der Waals surface area contributed by atoms with E-state index in [2.05, 4.69) is 4.99 Å². The summed E-state index contributed by atoms with van der Waals surface area (Å²) in [5.41, 5.74) is 0. The van der Waals surface area contributed by atoms with Gasteiger partial charge in [-0.3, -0.25) is 9.59 Å². The molecule has 0 N–H and O–H groups in total. The van der Waals surface area contributed by atoms with E-state index >= 15 is 0 Å². The van der Waals surface area contributed by atoms with Crippen LogP contribution in [0.2, 0.25) is 5.02 Å². The van der Waals surface area contributed by atoms with Gasteiger partial charge in [-0.05, 0) is 36.4 Å². The van der Waals surface area contributed by atoms with Gasteiger partial charge in [-0.2, -0.15) is 0 Å². The lowest BCUT2D eigenvalue weighted by Gasteiger charge is -2.25. The number of fused-ring (bicyclic) bond motifs is 2. The first-order chi connectivity index (χ1) is 16.0. The number of hydrogen-bond donors (Lipinski definition) is 0. The molecule has 166 valence electrons. The molecule has 1 atom stereocenters. The molecule has 1 aliphatic heterocycles. The first-order valence-corrected chi connectivity index (χ1v) is 11.5. The van der Waals surface area contributed by atoms with Gasteiger partial charge in [0, 0.05) is 21.8 Å². The van der Waals surface area contributed by atoms with E-state index in [9.17, 15) is 9.59 Å². The van der Waals surface area contributed by atoms with Gasteiger partial charge in [0.2, 0.25) is 0 Å². The topological polar surface area (TPSA) is 72.1 Å². The van der Waals surface area contributed by atoms with Gasteiger partial charge in [-0.15, -0.1) is 11.3 Å². The zero-order valence-electron chi connectivity index (χ0n) is 17.7. The van der Waals surface area contributed by atoms with Gasteiger partial charge in [0.15, 0.2) is 0 Å². The first-order valence-electron chi connectivity index (χ1n) is 10.3. The van der Waals surface area contributed by atoms with Crippen LogP contribution in [-0.2, 0) is 11.3 Å². The van der Waals surface area contributed by atoms with Gasteiger partial charge in [0.25, 0.3) is 11.8 Å². The molecule has 3 heterocycles. The van der Waals surface area contributed by atoms with Gasteiger partial charge >= 0.3 is 0 Å². The quantitative estimate of drug-likeness (QED) is 0.419. The number of benzene rings is 2. The molecule has 5 rings (SSSR count). The average Bonchev–Trinajstić information content (AvgIpc) is 3.46. The number of rotatable bonds is 6. The minimum absolute atomic E-state index is 0.142. The van der Waals surface area contributed by atoms with Crippen molar-refractivity contribution < 1.29 is 18.7 Å². The minimum atomic E-state index is -0.600. The third-order valence-electron chi connectivity index (χ3n) is 5.52. The van der Waals surface area contributed by atoms with Crippen LogP contribution < -0.4 is 15.3 Å². The molecule has 0 saturated carbocycles. The highest BCUT2D eigenvalue weighted by Crippen LogP contribution is 2.36. The van der Waals surface area contributed by atoms with Crippen molar-refractivity contribution in [2.75, 3.05) is 13.7 Å². The molecule has 0 bridgehead atoms. The zero-order chi connectivity index (χ0) is 22.9. The molecule has 1 aliphatic rings. The Morgan fingerprint density at radius 1 is 1.21 bits per heavy atom. The monoisotopic (exact) mass is 478 g/mol. The van der Waals surface area contributed by atoms with Gasteiger partial charge in [0.1, 0.15) is 16.4 Å². The molecule has 33 heavy (non-hydrogen) atoms. The standard InChI is InChI=1S/C25H19ClN2O4S/c1-31-17-8-9-20-15(12-17)11-16(24(29)27-20)13-28(14-18-5-4-10-32-18)25(30)23-22(26)19-6-2-3-7-21(19)33-23/h2-12,16H,13-14H2,1H3. The predicted molar refractivity (Wildman–Crippen MR) is 127 cm³/mol. The largest absolute Gasteiger partial charge is 0.497 e. The molecular weight excluding hydrogens is 460 g/mol. The summed E-state index contributed by atoms with van der Waals surface area (Å²) in [4.78, 5) is 32.7. The molecule has 2 amide bonds. The van der Waals surface area contributed by atoms with Gasteiger partial charge in [-0.1, -0.05) is 35.9 Å². The number of amides is 2. The Morgan fingerprint density at radius 2 is 2.06 bits per heavy atom. The van der Waals surface area contributed by atoms with Crippen LogP contribution in [0, 0.1) is 5.92 Å². The minimum Gasteiger partial charge on any atom is -0.497 e. The molecule has 4 aromatic rings. The van der Waals surface area contributed by atoms with Crippen molar-refractivity contribution in [3.05, 3.63) is 87.1 Å². The lowest BCUT2D eigenvalue weighted by atomic mass is 10.0. The molecule has 6 nitrogen and oxygen atoms in total. The maximum absolute atomic E-state index is 13.6. The van der Waals surface area contributed by atoms with E-state index in [0.717, 1.165) is 15.3 Å². The fourth-order valence-corrected chi connectivity index (χ4v) is 5.34. The van der Waals surface area contributed by atoms with Gasteiger partial charge < -0.3 is 14.1 Å². The molecule has 2 aromatic carbocycles. The summed E-state index contributed by atoms with van der Waals surface area (Å²) >= 11 is 7.92. The Bertz CT molecular complexity index is 1480. The molecular formula is C25H19ClN2O4S. The summed E-state index contributed by atoms with van der Waals surface area (Å²) in [6.07, 6.45) is 3.39. The number of nitrogens with zero attached hydrogens (tertiary/aromatic N) is 2. The second-order valence-corrected chi connectivity index (χ2v) is 9.08. The number of thiophene rings is 1. The van der Waals surface area contributed by atoms with Crippen LogP contribution in [0.4, 0.5) is 0 Å². The Morgan fingerprint density at radius 3 is 2.82 bits per heavy atom. The van der Waals surface area contributed by atoms with E-state index in [1.54, 1.807) is 42.5 Å². The van der Waals surface area contributed by atoms with Crippen molar-refractivity contribution in [2.24, 2.45) is 10.9 Å². The number of ether oxygens (including phenoxy) is 1. The van der Waals surface area contributed by atoms with E-state index in [1.807, 2.05) is 36.4 Å². The summed E-state index contributed by atoms with van der Waals surface area (Å²) < 4.78 is 11.7. The van der Waals surface area contributed by atoms with Crippen LogP contribution in [0.15, 0.2) is 70.3 Å². The van der Waals surface area contributed by atoms with Crippen LogP contribution in [-0.4, -0.2) is 30.4 Å². The Balaban J connectivity index is 1.51. The molecule has 0 spiro atoms. The van der Waals surface area contributed by atoms with E-state index in [1.165, 1.54) is 11.3 Å². The molecule has 0 radical (unpaired) electrons. The van der Waals surface area contributed by atoms with Gasteiger partial charge in [0.05, 0.1) is 36.2 Å². The smallest absolute Gasteiger partial charge is 0.265 e. The summed E-state index contributed by atoms with van der Waals surface area (Å²) in [7, 11) is 1.59. The summed E-state index contributed by atoms with van der Waals surface area (Å²) in [5, 5.41) is 2.64. The second kappa shape index (κ2) is 8.84. The van der Waals surface area contributed by atoms with Crippen molar-refractivity contribution in [3.8, 4) is 5.75 Å². The van der Waals surface area contributed by atoms with Crippen LogP contribution in [0.25, 0.3) is 16.2 Å². The third kappa shape index (κ3) is 4.17. The van der Waals surface area contributed by atoms with Crippen LogP contribution in [0.1, 0.15) is 15.4 Å². The fraction of sp³-hybridized carbons (Fsp3) is 0.160. The number of hydrogen-bond acceptors (Lipinski definition) is 5. The Hall–Kier alpha value is -3.42. The highest BCUT2D eigenvalue weighted by atomic mass is 35.5. The maximum Gasteiger partial charge on any atom is 0.265 e. The SMILES string of the molecule is COc1ccc2c(c1)=CC(CN(Cc1ccco1)C(=O)c1sc3ccccc3c1Cl)C(=O)N=2. The highest BCUT2D eigenvalue weighted by Gasteiger charge is 2.28. The number of carbonyl (C=O) groups is 2. The van der Waals surface area contributed by atoms with Crippen molar-refractivity contribution >= 4 is 50.9 Å². The second-order valence-electron chi connectivity index (χ2n) is 7.65. The molecule has 0 aliphatic carbocycles. The summed E-state index contributed by atoms with van der Waals surface area (Å²) in [6.45, 7) is 0.349. The third-order valence-corrected chi connectivity index (χ3v) is 7.19. The molecule has 8 heteroatoms. The lowest BCUT2D eigenvalue weighted by Crippen LogP contribution is -2.41. The summed E-state index contributed by atoms with van der Waals surface area (Å²) in [6, 6.07) is 16.5. The number of methoxy groups -OCH3 is 1. The van der Waals surface area contributed by atoms with Crippen molar-refractivity contribution in [1.29, 1.82) is 0 Å². The van der Waals surface area contributed by atoms with Crippen LogP contribution >= 0.6 is 22.9 Å². The average molecular weight is 479 g/mol. The van der Waals surface area contributed by atoms with E-state index in [-0.39, 0.29) is 24.9 Å². The Labute approximate surface area is 198 Å². The first kappa shape index (κ1) is 21.4. The van der Waals surface area contributed by atoms with E-state index in [4.69, 9.17) is 20.8 Å². The lowest BCUT2D eigenvalue weighted by molar-refractivity contribution is -0.120. The van der Waals surface area contributed by atoms with Crippen LogP contribution in [0.5, 0.6) is 5.75 Å². The van der Waals surface area contributed by atoms with Crippen LogP contribution in [0.3, 0.4) is 0 Å². The maximum atomic E-state index is 13.6. The van der Waals surface area contributed by atoms with E-state index < -0.39 is 5.92 Å². The number of carbonyl (C=O) groups excluding carboxylic acids is 2. The van der Waals surface area contributed by atoms with E-state index in [0.29, 0.717) is 26.8 Å². The van der Waals surface area contributed by atoms with Crippen molar-refractivity contribution in [1.82, 2.24) is 4.90 Å². The molecule has 0 fully saturated rings. The Kier molecular flexibility index (Phi) is 5.74. The molecule has 1 unspecified atom stereocenters. The zero-order valence-corrected chi connectivity index (χ0v) is 19.2. The van der Waals surface area contributed by atoms with Gasteiger partial charge in [-0.25, -0.2) is 4.99 Å².